The molecular formula is C22H24N4O3. The number of nitrogens with zero attached hydrogens (tertiary/aromatic N) is 3. The smallest absolute Gasteiger partial charge is 0.272 e. The second-order valence-corrected chi connectivity index (χ2v) is 7.70. The quantitative estimate of drug-likeness (QED) is 0.847. The van der Waals surface area contributed by atoms with Crippen LogP contribution in [0.25, 0.3) is 0 Å². The molecule has 2 aromatic rings. The van der Waals surface area contributed by atoms with Gasteiger partial charge in [0.15, 0.2) is 5.60 Å². The van der Waals surface area contributed by atoms with E-state index in [4.69, 9.17) is 4.84 Å². The Morgan fingerprint density at radius 1 is 1.21 bits per heavy atom. The Hall–Kier alpha value is -3.22. The minimum atomic E-state index is -0.609. The molecule has 7 heteroatoms. The van der Waals surface area contributed by atoms with Crippen LogP contribution < -0.4 is 5.32 Å². The van der Waals surface area contributed by atoms with Crippen molar-refractivity contribution in [3.63, 3.8) is 0 Å². The van der Waals surface area contributed by atoms with Gasteiger partial charge in [-0.1, -0.05) is 48.5 Å². The van der Waals surface area contributed by atoms with E-state index in [1.807, 2.05) is 30.3 Å². The zero-order valence-electron chi connectivity index (χ0n) is 16.4. The van der Waals surface area contributed by atoms with Gasteiger partial charge in [0.05, 0.1) is 6.54 Å². The van der Waals surface area contributed by atoms with Gasteiger partial charge in [-0.3, -0.25) is 14.6 Å². The summed E-state index contributed by atoms with van der Waals surface area (Å²) in [4.78, 5) is 36.6. The molecule has 2 atom stereocenters. The first-order valence-corrected chi connectivity index (χ1v) is 9.85. The molecule has 2 amide bonds. The molecule has 3 heterocycles. The summed E-state index contributed by atoms with van der Waals surface area (Å²) in [5, 5.41) is 6.99. The van der Waals surface area contributed by atoms with Crippen molar-refractivity contribution >= 4 is 17.5 Å². The molecule has 1 spiro atoms. The second kappa shape index (κ2) is 8.03. The van der Waals surface area contributed by atoms with E-state index >= 15 is 0 Å². The fourth-order valence-electron chi connectivity index (χ4n) is 3.78. The lowest BCUT2D eigenvalue weighted by Crippen LogP contribution is -2.39. The number of pyridine rings is 1. The van der Waals surface area contributed by atoms with Gasteiger partial charge in [0.2, 0.25) is 0 Å². The van der Waals surface area contributed by atoms with Crippen LogP contribution in [0.5, 0.6) is 0 Å². The van der Waals surface area contributed by atoms with Crippen LogP contribution in [-0.4, -0.2) is 52.6 Å². The van der Waals surface area contributed by atoms with Crippen LogP contribution in [0.2, 0.25) is 0 Å². The average Bonchev–Trinajstić information content (AvgIpc) is 3.39. The molecule has 0 saturated carbocycles. The Morgan fingerprint density at radius 3 is 2.76 bits per heavy atom. The molecule has 4 rings (SSSR count). The Kier molecular flexibility index (Phi) is 5.29. The number of rotatable bonds is 5. The van der Waals surface area contributed by atoms with Crippen LogP contribution >= 0.6 is 0 Å². The first-order chi connectivity index (χ1) is 14.1. The van der Waals surface area contributed by atoms with Gasteiger partial charge in [0.25, 0.3) is 11.8 Å². The van der Waals surface area contributed by atoms with E-state index in [2.05, 4.69) is 22.4 Å². The standard InChI is InChI=1S/C22H24N4O3/c1-16(17-7-3-2-4-8-17)14-24-20(27)19-13-22(29-25-19)10-12-26(15-22)21(28)18-9-5-6-11-23-18/h2-9,11,16H,10,12-15H2,1H3,(H,24,27)/t16-,22-/m0/s1. The summed E-state index contributed by atoms with van der Waals surface area (Å²) in [7, 11) is 0. The topological polar surface area (TPSA) is 83.9 Å². The summed E-state index contributed by atoms with van der Waals surface area (Å²) in [6.45, 7) is 3.56. The predicted molar refractivity (Wildman–Crippen MR) is 108 cm³/mol. The highest BCUT2D eigenvalue weighted by Crippen LogP contribution is 2.34. The van der Waals surface area contributed by atoms with E-state index in [9.17, 15) is 9.59 Å². The highest BCUT2D eigenvalue weighted by Gasteiger charge is 2.48. The number of carbonyl (C=O) groups is 2. The molecule has 1 saturated heterocycles. The average molecular weight is 392 g/mol. The number of hydrogen-bond acceptors (Lipinski definition) is 5. The van der Waals surface area contributed by atoms with Crippen molar-refractivity contribution in [3.8, 4) is 0 Å². The minimum Gasteiger partial charge on any atom is -0.386 e. The van der Waals surface area contributed by atoms with Gasteiger partial charge >= 0.3 is 0 Å². The second-order valence-electron chi connectivity index (χ2n) is 7.70. The zero-order valence-corrected chi connectivity index (χ0v) is 16.4. The molecule has 1 N–H and O–H groups in total. The van der Waals surface area contributed by atoms with Crippen LogP contribution in [0.4, 0.5) is 0 Å². The van der Waals surface area contributed by atoms with E-state index in [0.717, 1.165) is 0 Å². The highest BCUT2D eigenvalue weighted by molar-refractivity contribution is 6.39. The fraction of sp³-hybridized carbons (Fsp3) is 0.364. The minimum absolute atomic E-state index is 0.124. The lowest BCUT2D eigenvalue weighted by molar-refractivity contribution is -0.115. The summed E-state index contributed by atoms with van der Waals surface area (Å²) in [5.74, 6) is -0.130. The van der Waals surface area contributed by atoms with Crippen molar-refractivity contribution in [1.82, 2.24) is 15.2 Å². The monoisotopic (exact) mass is 392 g/mol. The lowest BCUT2D eigenvalue weighted by atomic mass is 9.96. The molecule has 1 aromatic heterocycles. The molecule has 2 aliphatic rings. The van der Waals surface area contributed by atoms with Crippen LogP contribution in [-0.2, 0) is 9.63 Å². The summed E-state index contributed by atoms with van der Waals surface area (Å²) >= 11 is 0. The number of benzene rings is 1. The van der Waals surface area contributed by atoms with Crippen molar-refractivity contribution in [3.05, 3.63) is 66.0 Å². The SMILES string of the molecule is C[C@@H](CNC(=O)C1=NO[C@@]2(CCN(C(=O)c3ccccn3)C2)C1)c1ccccc1. The normalized spacial score (nSPS) is 21.6. The van der Waals surface area contributed by atoms with Crippen molar-refractivity contribution < 1.29 is 14.4 Å². The summed E-state index contributed by atoms with van der Waals surface area (Å²) < 4.78 is 0. The highest BCUT2D eigenvalue weighted by atomic mass is 16.7. The maximum absolute atomic E-state index is 12.6. The van der Waals surface area contributed by atoms with Crippen LogP contribution in [0.3, 0.4) is 0 Å². The molecule has 7 nitrogen and oxygen atoms in total. The van der Waals surface area contributed by atoms with Gasteiger partial charge in [-0.05, 0) is 23.6 Å². The van der Waals surface area contributed by atoms with E-state index in [-0.39, 0.29) is 17.7 Å². The largest absolute Gasteiger partial charge is 0.386 e. The number of likely N-dealkylation sites (tertiary alicyclic amines) is 1. The lowest BCUT2D eigenvalue weighted by Gasteiger charge is -2.21. The number of oxime groups is 1. The molecule has 0 radical (unpaired) electrons. The molecule has 29 heavy (non-hydrogen) atoms. The van der Waals surface area contributed by atoms with Crippen LogP contribution in [0, 0.1) is 0 Å². The summed E-state index contributed by atoms with van der Waals surface area (Å²) in [5.41, 5.74) is 1.37. The Balaban J connectivity index is 1.30. The van der Waals surface area contributed by atoms with Crippen molar-refractivity contribution in [2.24, 2.45) is 5.16 Å². The van der Waals surface area contributed by atoms with E-state index in [1.54, 1.807) is 29.3 Å². The van der Waals surface area contributed by atoms with Crippen molar-refractivity contribution in [1.29, 1.82) is 0 Å². The van der Waals surface area contributed by atoms with Gasteiger partial charge in [-0.15, -0.1) is 0 Å². The number of aromatic nitrogens is 1. The third-order valence-corrected chi connectivity index (χ3v) is 5.53. The van der Waals surface area contributed by atoms with Crippen molar-refractivity contribution in [2.75, 3.05) is 19.6 Å². The van der Waals surface area contributed by atoms with Crippen molar-refractivity contribution in [2.45, 2.75) is 31.3 Å². The number of amides is 2. The Bertz CT molecular complexity index is 916. The van der Waals surface area contributed by atoms with E-state index < -0.39 is 5.60 Å². The molecule has 1 fully saturated rings. The molecule has 150 valence electrons. The third kappa shape index (κ3) is 4.13. The molecule has 1 aromatic carbocycles. The van der Waals surface area contributed by atoms with Gasteiger partial charge in [0, 0.05) is 32.1 Å². The van der Waals surface area contributed by atoms with E-state index in [1.165, 1.54) is 5.56 Å². The number of hydrogen-bond donors (Lipinski definition) is 1. The number of carbonyl (C=O) groups excluding carboxylic acids is 2. The van der Waals surface area contributed by atoms with Gasteiger partial charge in [-0.2, -0.15) is 0 Å². The van der Waals surface area contributed by atoms with Gasteiger partial charge in [-0.25, -0.2) is 0 Å². The van der Waals surface area contributed by atoms with Crippen LogP contribution in [0.1, 0.15) is 41.7 Å². The number of nitrogens with one attached hydrogen (secondary N) is 1. The van der Waals surface area contributed by atoms with Gasteiger partial charge in [0.1, 0.15) is 11.4 Å². The third-order valence-electron chi connectivity index (χ3n) is 5.53. The predicted octanol–water partition coefficient (Wildman–Crippen LogP) is 2.36. The van der Waals surface area contributed by atoms with E-state index in [0.29, 0.717) is 43.9 Å². The Labute approximate surface area is 169 Å². The summed E-state index contributed by atoms with van der Waals surface area (Å²) in [6.07, 6.45) is 2.66. The molecule has 0 bridgehead atoms. The zero-order chi connectivity index (χ0) is 20.3. The maximum Gasteiger partial charge on any atom is 0.272 e. The van der Waals surface area contributed by atoms with Gasteiger partial charge < -0.3 is 15.1 Å². The van der Waals surface area contributed by atoms with Crippen LogP contribution in [0.15, 0.2) is 59.9 Å². The molecular weight excluding hydrogens is 368 g/mol. The first kappa shape index (κ1) is 19.1. The molecule has 0 unspecified atom stereocenters. The fourth-order valence-corrected chi connectivity index (χ4v) is 3.78. The molecule has 0 aliphatic carbocycles. The molecule has 2 aliphatic heterocycles. The first-order valence-electron chi connectivity index (χ1n) is 9.85. The summed E-state index contributed by atoms with van der Waals surface area (Å²) in [6, 6.07) is 15.3. The Morgan fingerprint density at radius 2 is 2.00 bits per heavy atom. The maximum atomic E-state index is 12.6.